The van der Waals surface area contributed by atoms with Gasteiger partial charge >= 0.3 is 5.97 Å². The quantitative estimate of drug-likeness (QED) is 0.657. The molecule has 1 fully saturated rings. The van der Waals surface area contributed by atoms with E-state index in [0.29, 0.717) is 22.7 Å². The Balaban J connectivity index is 1.60. The highest BCUT2D eigenvalue weighted by Crippen LogP contribution is 2.33. The van der Waals surface area contributed by atoms with Gasteiger partial charge in [-0.3, -0.25) is 19.9 Å². The number of carbonyl (C=O) groups is 3. The fraction of sp³-hybridized carbons (Fsp3) is 0.238. The standard InChI is InChI=1S/C21H21N3O5S/c1-3-29-20(27)13-4-6-14(7-5-13)23-18(25)12-17-19(26)24(21(22)30-17)15-8-10-16(28-2)11-9-15/h4-11,17,22H,3,12H2,1-2H3,(H,23,25). The van der Waals surface area contributed by atoms with Gasteiger partial charge in [0.05, 0.1) is 25.0 Å². The molecule has 0 aliphatic carbocycles. The average molecular weight is 427 g/mol. The highest BCUT2D eigenvalue weighted by Gasteiger charge is 2.39. The third-order valence-electron chi connectivity index (χ3n) is 4.33. The monoisotopic (exact) mass is 427 g/mol. The van der Waals surface area contributed by atoms with Crippen LogP contribution in [-0.4, -0.2) is 41.9 Å². The Morgan fingerprint density at radius 3 is 2.40 bits per heavy atom. The van der Waals surface area contributed by atoms with Gasteiger partial charge < -0.3 is 14.8 Å². The summed E-state index contributed by atoms with van der Waals surface area (Å²) < 4.78 is 10.0. The number of nitrogens with zero attached hydrogens (tertiary/aromatic N) is 1. The summed E-state index contributed by atoms with van der Waals surface area (Å²) in [6.45, 7) is 2.01. The Morgan fingerprint density at radius 2 is 1.80 bits per heavy atom. The molecule has 1 aliphatic rings. The van der Waals surface area contributed by atoms with E-state index in [9.17, 15) is 14.4 Å². The third-order valence-corrected chi connectivity index (χ3v) is 5.39. The van der Waals surface area contributed by atoms with Crippen LogP contribution in [0.1, 0.15) is 23.7 Å². The number of esters is 1. The maximum Gasteiger partial charge on any atom is 0.338 e. The Hall–Kier alpha value is -3.33. The lowest BCUT2D eigenvalue weighted by Crippen LogP contribution is -2.33. The van der Waals surface area contributed by atoms with Crippen LogP contribution in [0.5, 0.6) is 5.75 Å². The van der Waals surface area contributed by atoms with Gasteiger partial charge in [0, 0.05) is 12.1 Å². The molecule has 3 rings (SSSR count). The van der Waals surface area contributed by atoms with Gasteiger partial charge in [0.1, 0.15) is 11.0 Å². The van der Waals surface area contributed by atoms with Gasteiger partial charge in [0.15, 0.2) is 5.17 Å². The average Bonchev–Trinajstić information content (AvgIpc) is 3.01. The van der Waals surface area contributed by atoms with Crippen molar-refractivity contribution in [3.63, 3.8) is 0 Å². The van der Waals surface area contributed by atoms with E-state index in [1.54, 1.807) is 62.6 Å². The summed E-state index contributed by atoms with van der Waals surface area (Å²) in [6, 6.07) is 13.1. The van der Waals surface area contributed by atoms with Crippen molar-refractivity contribution in [3.05, 3.63) is 54.1 Å². The maximum atomic E-state index is 12.7. The Kier molecular flexibility index (Phi) is 6.73. The van der Waals surface area contributed by atoms with Crippen molar-refractivity contribution < 1.29 is 23.9 Å². The molecule has 1 aliphatic heterocycles. The Bertz CT molecular complexity index is 960. The lowest BCUT2D eigenvalue weighted by molar-refractivity contribution is -0.121. The normalized spacial score (nSPS) is 15.8. The van der Waals surface area contributed by atoms with Crippen LogP contribution in [0.2, 0.25) is 0 Å². The van der Waals surface area contributed by atoms with Gasteiger partial charge in [-0.15, -0.1) is 0 Å². The van der Waals surface area contributed by atoms with Crippen molar-refractivity contribution in [1.82, 2.24) is 0 Å². The molecule has 0 radical (unpaired) electrons. The summed E-state index contributed by atoms with van der Waals surface area (Å²) in [5.41, 5.74) is 1.45. The topological polar surface area (TPSA) is 109 Å². The van der Waals surface area contributed by atoms with E-state index in [-0.39, 0.29) is 30.0 Å². The number of benzene rings is 2. The van der Waals surface area contributed by atoms with Gasteiger partial charge in [-0.1, -0.05) is 11.8 Å². The van der Waals surface area contributed by atoms with Crippen LogP contribution in [0.15, 0.2) is 48.5 Å². The summed E-state index contributed by atoms with van der Waals surface area (Å²) in [5, 5.41) is 10.2. The SMILES string of the molecule is CCOC(=O)c1ccc(NC(=O)CC2SC(=N)N(c3ccc(OC)cc3)C2=O)cc1. The number of amides is 2. The molecule has 156 valence electrons. The Labute approximate surface area is 178 Å². The van der Waals surface area contributed by atoms with Crippen molar-refractivity contribution in [2.75, 3.05) is 23.9 Å². The summed E-state index contributed by atoms with van der Waals surface area (Å²) in [7, 11) is 1.55. The van der Waals surface area contributed by atoms with E-state index < -0.39 is 11.2 Å². The first-order valence-electron chi connectivity index (χ1n) is 9.23. The van der Waals surface area contributed by atoms with E-state index >= 15 is 0 Å². The highest BCUT2D eigenvalue weighted by molar-refractivity contribution is 8.16. The lowest BCUT2D eigenvalue weighted by atomic mass is 10.2. The first kappa shape index (κ1) is 21.4. The summed E-state index contributed by atoms with van der Waals surface area (Å²) in [4.78, 5) is 38.1. The van der Waals surface area contributed by atoms with Crippen molar-refractivity contribution in [2.45, 2.75) is 18.6 Å². The number of methoxy groups -OCH3 is 1. The number of hydrogen-bond acceptors (Lipinski definition) is 7. The van der Waals surface area contributed by atoms with Crippen molar-refractivity contribution in [1.29, 1.82) is 5.41 Å². The van der Waals surface area contributed by atoms with E-state index in [4.69, 9.17) is 14.9 Å². The predicted octanol–water partition coefficient (Wildman–Crippen LogP) is 3.28. The molecule has 2 N–H and O–H groups in total. The molecule has 9 heteroatoms. The van der Waals surface area contributed by atoms with Gasteiger partial charge in [0.25, 0.3) is 0 Å². The van der Waals surface area contributed by atoms with Crippen molar-refractivity contribution in [2.24, 2.45) is 0 Å². The predicted molar refractivity (Wildman–Crippen MR) is 115 cm³/mol. The van der Waals surface area contributed by atoms with Crippen LogP contribution in [0.4, 0.5) is 11.4 Å². The second-order valence-electron chi connectivity index (χ2n) is 6.33. The molecule has 2 aromatic rings. The summed E-state index contributed by atoms with van der Waals surface area (Å²) in [5.74, 6) is -0.452. The number of carbonyl (C=O) groups excluding carboxylic acids is 3. The molecule has 1 heterocycles. The van der Waals surface area contributed by atoms with E-state index in [1.165, 1.54) is 4.90 Å². The molecule has 30 heavy (non-hydrogen) atoms. The fourth-order valence-corrected chi connectivity index (χ4v) is 3.88. The second kappa shape index (κ2) is 9.45. The second-order valence-corrected chi connectivity index (χ2v) is 7.52. The molecule has 8 nitrogen and oxygen atoms in total. The Morgan fingerprint density at radius 1 is 1.13 bits per heavy atom. The number of thioether (sulfide) groups is 1. The van der Waals surface area contributed by atoms with E-state index in [2.05, 4.69) is 5.32 Å². The first-order valence-corrected chi connectivity index (χ1v) is 10.1. The number of ether oxygens (including phenoxy) is 2. The number of nitrogens with one attached hydrogen (secondary N) is 2. The van der Waals surface area contributed by atoms with Gasteiger partial charge in [0.2, 0.25) is 11.8 Å². The minimum atomic E-state index is -0.682. The molecule has 0 aromatic heterocycles. The van der Waals surface area contributed by atoms with Crippen LogP contribution in [0, 0.1) is 5.41 Å². The van der Waals surface area contributed by atoms with Crippen LogP contribution >= 0.6 is 11.8 Å². The van der Waals surface area contributed by atoms with Crippen molar-refractivity contribution >= 4 is 46.1 Å². The number of hydrogen-bond donors (Lipinski definition) is 2. The molecule has 2 aromatic carbocycles. The van der Waals surface area contributed by atoms with Crippen molar-refractivity contribution in [3.8, 4) is 5.75 Å². The minimum Gasteiger partial charge on any atom is -0.497 e. The molecule has 1 atom stereocenters. The highest BCUT2D eigenvalue weighted by atomic mass is 32.2. The molecule has 0 saturated carbocycles. The van der Waals surface area contributed by atoms with E-state index in [0.717, 1.165) is 11.8 Å². The van der Waals surface area contributed by atoms with Crippen LogP contribution in [-0.2, 0) is 14.3 Å². The smallest absolute Gasteiger partial charge is 0.338 e. The van der Waals surface area contributed by atoms with Crippen LogP contribution in [0.25, 0.3) is 0 Å². The zero-order valence-corrected chi connectivity index (χ0v) is 17.3. The van der Waals surface area contributed by atoms with Crippen LogP contribution in [0.3, 0.4) is 0 Å². The molecule has 0 bridgehead atoms. The summed E-state index contributed by atoms with van der Waals surface area (Å²) >= 11 is 1.04. The third kappa shape index (κ3) is 4.80. The number of amidine groups is 1. The van der Waals surface area contributed by atoms with Crippen LogP contribution < -0.4 is 15.0 Å². The molecular formula is C21H21N3O5S. The number of rotatable bonds is 7. The molecule has 1 unspecified atom stereocenters. The van der Waals surface area contributed by atoms with Gasteiger partial charge in [-0.2, -0.15) is 0 Å². The number of anilines is 2. The first-order chi connectivity index (χ1) is 14.4. The minimum absolute atomic E-state index is 0.0711. The maximum absolute atomic E-state index is 12.7. The molecular weight excluding hydrogens is 406 g/mol. The largest absolute Gasteiger partial charge is 0.497 e. The van der Waals surface area contributed by atoms with E-state index in [1.807, 2.05) is 0 Å². The molecule has 0 spiro atoms. The van der Waals surface area contributed by atoms with Gasteiger partial charge in [-0.25, -0.2) is 4.79 Å². The molecule has 1 saturated heterocycles. The summed E-state index contributed by atoms with van der Waals surface area (Å²) in [6.07, 6.45) is -0.0713. The lowest BCUT2D eigenvalue weighted by Gasteiger charge is -2.16. The zero-order chi connectivity index (χ0) is 21.7. The fourth-order valence-electron chi connectivity index (χ4n) is 2.87. The molecule has 2 amide bonds. The van der Waals surface area contributed by atoms with Gasteiger partial charge in [-0.05, 0) is 55.5 Å². The zero-order valence-electron chi connectivity index (χ0n) is 16.5.